The number of nitrogens with zero attached hydrogens (tertiary/aromatic N) is 3. The van der Waals surface area contributed by atoms with Gasteiger partial charge < -0.3 is 4.90 Å². The molecule has 5 heteroatoms. The summed E-state index contributed by atoms with van der Waals surface area (Å²) in [6.07, 6.45) is 0. The van der Waals surface area contributed by atoms with E-state index in [9.17, 15) is 0 Å². The fourth-order valence-electron chi connectivity index (χ4n) is 1.42. The summed E-state index contributed by atoms with van der Waals surface area (Å²) in [5.41, 5.74) is 0.792. The Labute approximate surface area is 117 Å². The second-order valence-corrected chi connectivity index (χ2v) is 5.18. The summed E-state index contributed by atoms with van der Waals surface area (Å²) in [5.74, 6) is 0. The fourth-order valence-corrected chi connectivity index (χ4v) is 2.87. The molecule has 0 N–H and O–H groups in total. The number of rotatable bonds is 3. The second-order valence-electron chi connectivity index (χ2n) is 3.47. The maximum Gasteiger partial charge on any atom is 0.141 e. The topological polar surface area (TPSA) is 50.8 Å². The third-order valence-corrected chi connectivity index (χ3v) is 3.89. The molecule has 0 aliphatic rings. The van der Waals surface area contributed by atoms with Crippen molar-refractivity contribution in [3.05, 3.63) is 29.3 Å². The molecule has 1 aromatic carbocycles. The fraction of sp³-hybridized carbons (Fsp3) is 0.308. The first kappa shape index (κ1) is 14.5. The van der Waals surface area contributed by atoms with Gasteiger partial charge in [0.15, 0.2) is 0 Å². The Kier molecular flexibility index (Phi) is 5.64. The van der Waals surface area contributed by atoms with Crippen molar-refractivity contribution in [2.24, 2.45) is 0 Å². The number of hydrogen-bond acceptors (Lipinski definition) is 4. The van der Waals surface area contributed by atoms with E-state index >= 15 is 0 Å². The summed E-state index contributed by atoms with van der Waals surface area (Å²) in [7, 11) is 0. The van der Waals surface area contributed by atoms with E-state index in [0.29, 0.717) is 11.1 Å². The molecule has 0 spiro atoms. The number of benzene rings is 1. The quantitative estimate of drug-likeness (QED) is 0.626. The summed E-state index contributed by atoms with van der Waals surface area (Å²) in [5, 5.41) is 17.8. The van der Waals surface area contributed by atoms with Crippen LogP contribution < -0.4 is 0 Å². The SMILES string of the molecule is CCN(CC)C(=S)Sc1ccc(C#N)c(C#N)c1. The number of hydrogen-bond donors (Lipinski definition) is 0. The van der Waals surface area contributed by atoms with Crippen LogP contribution in [0.15, 0.2) is 23.1 Å². The van der Waals surface area contributed by atoms with Crippen molar-refractivity contribution in [2.75, 3.05) is 13.1 Å². The molecule has 3 nitrogen and oxygen atoms in total. The Morgan fingerprint density at radius 3 is 2.33 bits per heavy atom. The van der Waals surface area contributed by atoms with Crippen LogP contribution in [0.2, 0.25) is 0 Å². The predicted octanol–water partition coefficient (Wildman–Crippen LogP) is 3.15. The highest BCUT2D eigenvalue weighted by Crippen LogP contribution is 2.24. The minimum absolute atomic E-state index is 0.393. The van der Waals surface area contributed by atoms with E-state index < -0.39 is 0 Å². The summed E-state index contributed by atoms with van der Waals surface area (Å²) in [6, 6.07) is 9.21. The Balaban J connectivity index is 2.91. The van der Waals surface area contributed by atoms with Gasteiger partial charge in [0.05, 0.1) is 11.1 Å². The molecule has 0 aliphatic heterocycles. The molecule has 0 aromatic heterocycles. The highest BCUT2D eigenvalue weighted by molar-refractivity contribution is 8.22. The lowest BCUT2D eigenvalue weighted by atomic mass is 10.1. The summed E-state index contributed by atoms with van der Waals surface area (Å²) in [6.45, 7) is 5.83. The lowest BCUT2D eigenvalue weighted by Gasteiger charge is -2.20. The molecule has 92 valence electrons. The number of nitriles is 2. The molecular formula is C13H13N3S2. The van der Waals surface area contributed by atoms with Crippen LogP contribution in [-0.2, 0) is 0 Å². The highest BCUT2D eigenvalue weighted by atomic mass is 32.2. The van der Waals surface area contributed by atoms with Crippen molar-refractivity contribution in [2.45, 2.75) is 18.7 Å². The maximum atomic E-state index is 8.96. The minimum Gasteiger partial charge on any atom is -0.358 e. The molecule has 0 amide bonds. The molecule has 0 saturated carbocycles. The molecule has 1 rings (SSSR count). The Morgan fingerprint density at radius 2 is 1.83 bits per heavy atom. The van der Waals surface area contributed by atoms with E-state index in [1.54, 1.807) is 12.1 Å². The lowest BCUT2D eigenvalue weighted by molar-refractivity contribution is 0.482. The molecule has 18 heavy (non-hydrogen) atoms. The van der Waals surface area contributed by atoms with Gasteiger partial charge in [-0.05, 0) is 32.0 Å². The van der Waals surface area contributed by atoms with E-state index in [4.69, 9.17) is 22.7 Å². The van der Waals surface area contributed by atoms with Crippen molar-refractivity contribution < 1.29 is 0 Å². The van der Waals surface area contributed by atoms with E-state index in [0.717, 1.165) is 22.3 Å². The minimum atomic E-state index is 0.393. The first-order valence-corrected chi connectivity index (χ1v) is 6.79. The standard InChI is InChI=1S/C13H13N3S2/c1-3-16(4-2)13(17)18-12-6-5-10(8-14)11(7-12)9-15/h5-7H,3-4H2,1-2H3. The molecule has 0 heterocycles. The molecule has 0 fully saturated rings. The molecule has 0 bridgehead atoms. The smallest absolute Gasteiger partial charge is 0.141 e. The van der Waals surface area contributed by atoms with Gasteiger partial charge in [-0.1, -0.05) is 24.0 Å². The van der Waals surface area contributed by atoms with Gasteiger partial charge in [0.2, 0.25) is 0 Å². The van der Waals surface area contributed by atoms with Gasteiger partial charge in [-0.15, -0.1) is 0 Å². The highest BCUT2D eigenvalue weighted by Gasteiger charge is 2.09. The summed E-state index contributed by atoms with van der Waals surface area (Å²) in [4.78, 5) is 2.96. The van der Waals surface area contributed by atoms with Crippen molar-refractivity contribution in [1.29, 1.82) is 10.5 Å². The zero-order valence-corrected chi connectivity index (χ0v) is 11.9. The van der Waals surface area contributed by atoms with Crippen molar-refractivity contribution in [1.82, 2.24) is 4.90 Å². The second kappa shape index (κ2) is 7.00. The van der Waals surface area contributed by atoms with E-state index in [-0.39, 0.29) is 0 Å². The molecule has 1 aromatic rings. The Bertz CT molecular complexity index is 522. The van der Waals surface area contributed by atoms with Crippen molar-refractivity contribution in [3.63, 3.8) is 0 Å². The lowest BCUT2D eigenvalue weighted by Crippen LogP contribution is -2.26. The van der Waals surface area contributed by atoms with Gasteiger partial charge in [0, 0.05) is 18.0 Å². The molecule has 0 saturated heterocycles. The first-order chi connectivity index (χ1) is 8.65. The van der Waals surface area contributed by atoms with Crippen LogP contribution in [0.4, 0.5) is 0 Å². The van der Waals surface area contributed by atoms with Crippen LogP contribution >= 0.6 is 24.0 Å². The summed E-state index contributed by atoms with van der Waals surface area (Å²) >= 11 is 6.78. The van der Waals surface area contributed by atoms with E-state index in [1.165, 1.54) is 11.8 Å². The van der Waals surface area contributed by atoms with Gasteiger partial charge in [-0.2, -0.15) is 10.5 Å². The average molecular weight is 275 g/mol. The van der Waals surface area contributed by atoms with Gasteiger partial charge >= 0.3 is 0 Å². The van der Waals surface area contributed by atoms with E-state index in [2.05, 4.69) is 18.7 Å². The van der Waals surface area contributed by atoms with Crippen LogP contribution in [0.25, 0.3) is 0 Å². The van der Waals surface area contributed by atoms with Crippen LogP contribution in [-0.4, -0.2) is 22.3 Å². The summed E-state index contributed by atoms with van der Waals surface area (Å²) < 4.78 is 0.786. The van der Waals surface area contributed by atoms with Gasteiger partial charge in [0.25, 0.3) is 0 Å². The molecule has 0 unspecified atom stereocenters. The Hall–Kier alpha value is -1.56. The predicted molar refractivity (Wildman–Crippen MR) is 77.2 cm³/mol. The molecule has 0 atom stereocenters. The normalized spacial score (nSPS) is 9.33. The number of thioether (sulfide) groups is 1. The zero-order chi connectivity index (χ0) is 13.5. The van der Waals surface area contributed by atoms with Crippen LogP contribution in [0.3, 0.4) is 0 Å². The van der Waals surface area contributed by atoms with Gasteiger partial charge in [-0.3, -0.25) is 0 Å². The third kappa shape index (κ3) is 3.46. The molecule has 0 radical (unpaired) electrons. The van der Waals surface area contributed by atoms with Gasteiger partial charge in [-0.25, -0.2) is 0 Å². The average Bonchev–Trinajstić information content (AvgIpc) is 2.40. The van der Waals surface area contributed by atoms with Crippen molar-refractivity contribution in [3.8, 4) is 12.1 Å². The first-order valence-electron chi connectivity index (χ1n) is 5.57. The van der Waals surface area contributed by atoms with Crippen molar-refractivity contribution >= 4 is 28.3 Å². The van der Waals surface area contributed by atoms with E-state index in [1.807, 2.05) is 18.2 Å². The molecular weight excluding hydrogens is 262 g/mol. The van der Waals surface area contributed by atoms with Crippen LogP contribution in [0, 0.1) is 22.7 Å². The largest absolute Gasteiger partial charge is 0.358 e. The molecule has 0 aliphatic carbocycles. The zero-order valence-electron chi connectivity index (χ0n) is 10.3. The van der Waals surface area contributed by atoms with Gasteiger partial charge in [0.1, 0.15) is 16.5 Å². The maximum absolute atomic E-state index is 8.96. The Morgan fingerprint density at radius 1 is 1.22 bits per heavy atom. The number of thiocarbonyl (C=S) groups is 1. The third-order valence-electron chi connectivity index (χ3n) is 2.46. The monoisotopic (exact) mass is 275 g/mol. The van der Waals surface area contributed by atoms with Crippen LogP contribution in [0.1, 0.15) is 25.0 Å². The van der Waals surface area contributed by atoms with Crippen LogP contribution in [0.5, 0.6) is 0 Å².